The molecule has 1 aliphatic heterocycles. The lowest BCUT2D eigenvalue weighted by atomic mass is 10.1. The maximum atomic E-state index is 13.4. The van der Waals surface area contributed by atoms with Crippen LogP contribution in [0.5, 0.6) is 0 Å². The molecule has 1 aliphatic rings. The lowest BCUT2D eigenvalue weighted by Crippen LogP contribution is -2.36. The van der Waals surface area contributed by atoms with Crippen molar-refractivity contribution in [3.8, 4) is 0 Å². The van der Waals surface area contributed by atoms with Crippen molar-refractivity contribution in [3.05, 3.63) is 52.1 Å². The molecule has 0 bridgehead atoms. The fourth-order valence-corrected chi connectivity index (χ4v) is 3.56. The van der Waals surface area contributed by atoms with Gasteiger partial charge in [-0.2, -0.15) is 18.3 Å². The molecule has 0 spiro atoms. The number of nitrogens with one attached hydrogen (secondary N) is 2. The maximum absolute atomic E-state index is 13.4. The van der Waals surface area contributed by atoms with Crippen LogP contribution in [0.15, 0.2) is 24.4 Å². The summed E-state index contributed by atoms with van der Waals surface area (Å²) in [5.41, 5.74) is -0.822. The van der Waals surface area contributed by atoms with E-state index in [-0.39, 0.29) is 29.7 Å². The van der Waals surface area contributed by atoms with Crippen LogP contribution in [0.1, 0.15) is 29.7 Å². The molecule has 31 heavy (non-hydrogen) atoms. The van der Waals surface area contributed by atoms with Gasteiger partial charge in [0.2, 0.25) is 5.91 Å². The molecule has 0 saturated carbocycles. The van der Waals surface area contributed by atoms with Gasteiger partial charge in [-0.25, -0.2) is 4.39 Å². The Hall–Kier alpha value is -2.17. The number of alkyl halides is 3. The number of ether oxygens (including phenoxy) is 1. The number of benzene rings is 1. The van der Waals surface area contributed by atoms with Crippen molar-refractivity contribution in [2.45, 2.75) is 44.6 Å². The number of carbonyl (C=O) groups excluding carboxylic acids is 1. The minimum absolute atomic E-state index is 0.0253. The van der Waals surface area contributed by atoms with Gasteiger partial charge >= 0.3 is 6.18 Å². The first-order chi connectivity index (χ1) is 14.7. The smallest absolute Gasteiger partial charge is 0.381 e. The number of nitrogens with zero attached hydrogens (tertiary/aromatic N) is 2. The molecule has 1 fully saturated rings. The van der Waals surface area contributed by atoms with Gasteiger partial charge in [0.25, 0.3) is 0 Å². The average molecular weight is 463 g/mol. The molecule has 11 heteroatoms. The minimum Gasteiger partial charge on any atom is -0.381 e. The Morgan fingerprint density at radius 2 is 2.00 bits per heavy atom. The van der Waals surface area contributed by atoms with Gasteiger partial charge in [-0.1, -0.05) is 17.7 Å². The van der Waals surface area contributed by atoms with Crippen LogP contribution in [-0.4, -0.2) is 41.5 Å². The number of rotatable bonds is 8. The minimum atomic E-state index is -4.67. The summed E-state index contributed by atoms with van der Waals surface area (Å²) in [6.07, 6.45) is -2.19. The van der Waals surface area contributed by atoms with Crippen molar-refractivity contribution < 1.29 is 27.1 Å². The molecule has 2 aromatic rings. The van der Waals surface area contributed by atoms with Crippen molar-refractivity contribution in [2.24, 2.45) is 0 Å². The fourth-order valence-electron chi connectivity index (χ4n) is 3.32. The maximum Gasteiger partial charge on any atom is 0.435 e. The Morgan fingerprint density at radius 1 is 1.26 bits per heavy atom. The number of aromatic nitrogens is 2. The van der Waals surface area contributed by atoms with Crippen molar-refractivity contribution in [1.82, 2.24) is 20.4 Å². The first-order valence-electron chi connectivity index (χ1n) is 9.87. The van der Waals surface area contributed by atoms with Gasteiger partial charge in [-0.3, -0.25) is 9.48 Å². The first kappa shape index (κ1) is 23.5. The Morgan fingerprint density at radius 3 is 2.68 bits per heavy atom. The van der Waals surface area contributed by atoms with E-state index < -0.39 is 30.0 Å². The zero-order valence-corrected chi connectivity index (χ0v) is 17.4. The van der Waals surface area contributed by atoms with Crippen LogP contribution in [0.4, 0.5) is 17.6 Å². The summed E-state index contributed by atoms with van der Waals surface area (Å²) in [6, 6.07) is 3.97. The van der Waals surface area contributed by atoms with E-state index in [1.165, 1.54) is 23.0 Å². The van der Waals surface area contributed by atoms with Gasteiger partial charge in [0, 0.05) is 49.1 Å². The summed E-state index contributed by atoms with van der Waals surface area (Å²) in [5.74, 6) is -1.14. The number of hydrogen-bond donors (Lipinski definition) is 2. The summed E-state index contributed by atoms with van der Waals surface area (Å²) < 4.78 is 59.7. The molecule has 2 heterocycles. The Labute approximate surface area is 181 Å². The first-order valence-corrected chi connectivity index (χ1v) is 10.3. The monoisotopic (exact) mass is 462 g/mol. The van der Waals surface area contributed by atoms with E-state index in [0.717, 1.165) is 18.9 Å². The van der Waals surface area contributed by atoms with Crippen LogP contribution < -0.4 is 10.6 Å². The number of hydrogen-bond acceptors (Lipinski definition) is 4. The normalized spacial score (nSPS) is 15.3. The predicted molar refractivity (Wildman–Crippen MR) is 106 cm³/mol. The summed E-state index contributed by atoms with van der Waals surface area (Å²) in [4.78, 5) is 12.2. The van der Waals surface area contributed by atoms with Crippen molar-refractivity contribution in [2.75, 3.05) is 19.8 Å². The summed E-state index contributed by atoms with van der Waals surface area (Å²) in [7, 11) is 0. The summed E-state index contributed by atoms with van der Waals surface area (Å²) >= 11 is 5.90. The van der Waals surface area contributed by atoms with Crippen molar-refractivity contribution in [1.29, 1.82) is 0 Å². The van der Waals surface area contributed by atoms with Gasteiger partial charge < -0.3 is 15.4 Å². The molecule has 1 aromatic heterocycles. The number of carbonyl (C=O) groups is 1. The third kappa shape index (κ3) is 6.91. The molecular formula is C20H23ClF4N4O2. The molecule has 0 radical (unpaired) electrons. The van der Waals surface area contributed by atoms with Crippen molar-refractivity contribution >= 4 is 17.5 Å². The molecule has 1 aromatic carbocycles. The molecule has 6 nitrogen and oxygen atoms in total. The lowest BCUT2D eigenvalue weighted by Gasteiger charge is -2.23. The standard InChI is InChI=1S/C20H23ClF4N4O2/c21-17-10-15(22)2-1-13(17)11-27-18(30)9-14-12-29(28-19(14)20(23,24)25)6-5-26-16-3-7-31-8-4-16/h1-2,10,12,16,26H,3-9,11H2,(H,27,30). The highest BCUT2D eigenvalue weighted by Gasteiger charge is 2.37. The van der Waals surface area contributed by atoms with E-state index in [4.69, 9.17) is 16.3 Å². The highest BCUT2D eigenvalue weighted by Crippen LogP contribution is 2.31. The van der Waals surface area contributed by atoms with E-state index in [1.54, 1.807) is 0 Å². The highest BCUT2D eigenvalue weighted by atomic mass is 35.5. The average Bonchev–Trinajstić information content (AvgIpc) is 3.11. The number of halogens is 5. The predicted octanol–water partition coefficient (Wildman–Crippen LogP) is 3.32. The highest BCUT2D eigenvalue weighted by molar-refractivity contribution is 6.31. The Balaban J connectivity index is 1.58. The SMILES string of the molecule is O=C(Cc1cn(CCNC2CCOCC2)nc1C(F)(F)F)NCc1ccc(F)cc1Cl. The Bertz CT molecular complexity index is 898. The molecular weight excluding hydrogens is 440 g/mol. The zero-order chi connectivity index (χ0) is 22.4. The lowest BCUT2D eigenvalue weighted by molar-refractivity contribution is -0.142. The third-order valence-corrected chi connectivity index (χ3v) is 5.30. The fraction of sp³-hybridized carbons (Fsp3) is 0.500. The Kier molecular flexibility index (Phi) is 7.90. The van der Waals surface area contributed by atoms with E-state index in [9.17, 15) is 22.4 Å². The summed E-state index contributed by atoms with van der Waals surface area (Å²) in [6.45, 7) is 2.01. The molecule has 1 amide bonds. The molecule has 0 aliphatic carbocycles. The van der Waals surface area contributed by atoms with Gasteiger partial charge in [-0.15, -0.1) is 0 Å². The molecule has 2 N–H and O–H groups in total. The van der Waals surface area contributed by atoms with Gasteiger partial charge in [-0.05, 0) is 30.5 Å². The quantitative estimate of drug-likeness (QED) is 0.591. The van der Waals surface area contributed by atoms with Crippen LogP contribution in [0.2, 0.25) is 5.02 Å². The van der Waals surface area contributed by atoms with Crippen LogP contribution in [0.3, 0.4) is 0 Å². The van der Waals surface area contributed by atoms with Crippen LogP contribution >= 0.6 is 11.6 Å². The van der Waals surface area contributed by atoms with Crippen LogP contribution in [0.25, 0.3) is 0 Å². The van der Waals surface area contributed by atoms with Gasteiger partial charge in [0.15, 0.2) is 5.69 Å². The second-order valence-electron chi connectivity index (χ2n) is 7.29. The van der Waals surface area contributed by atoms with Crippen molar-refractivity contribution in [3.63, 3.8) is 0 Å². The molecule has 3 rings (SSSR count). The molecule has 1 saturated heterocycles. The van der Waals surface area contributed by atoms with Gasteiger partial charge in [0.1, 0.15) is 5.82 Å². The van der Waals surface area contributed by atoms with E-state index in [2.05, 4.69) is 15.7 Å². The second-order valence-corrected chi connectivity index (χ2v) is 7.70. The summed E-state index contributed by atoms with van der Waals surface area (Å²) in [5, 5.41) is 9.56. The second kappa shape index (κ2) is 10.4. The van der Waals surface area contributed by atoms with Crippen LogP contribution in [0, 0.1) is 5.82 Å². The number of amides is 1. The van der Waals surface area contributed by atoms with Crippen LogP contribution in [-0.2, 0) is 35.2 Å². The van der Waals surface area contributed by atoms with E-state index in [0.29, 0.717) is 25.3 Å². The van der Waals surface area contributed by atoms with E-state index >= 15 is 0 Å². The zero-order valence-electron chi connectivity index (χ0n) is 16.6. The topological polar surface area (TPSA) is 68.2 Å². The molecule has 0 atom stereocenters. The molecule has 0 unspecified atom stereocenters. The largest absolute Gasteiger partial charge is 0.435 e. The molecule has 170 valence electrons. The van der Waals surface area contributed by atoms with Gasteiger partial charge in [0.05, 0.1) is 13.0 Å². The van der Waals surface area contributed by atoms with E-state index in [1.807, 2.05) is 0 Å². The third-order valence-electron chi connectivity index (χ3n) is 4.94.